The number of aryl methyl sites for hydroxylation is 1. The Balaban J connectivity index is 1.63. The maximum absolute atomic E-state index is 12.8. The molecule has 27 heavy (non-hydrogen) atoms. The molecule has 2 aliphatic heterocycles. The van der Waals surface area contributed by atoms with E-state index in [-0.39, 0.29) is 18.7 Å². The summed E-state index contributed by atoms with van der Waals surface area (Å²) in [6.07, 6.45) is -2.47. The number of alkyl halides is 3. The second-order valence-corrected chi connectivity index (χ2v) is 7.52. The van der Waals surface area contributed by atoms with E-state index in [4.69, 9.17) is 0 Å². The number of halogens is 3. The largest absolute Gasteiger partial charge is 0.391 e. The highest BCUT2D eigenvalue weighted by molar-refractivity contribution is 5.94. The molecular weight excluding hydrogens is 357 g/mol. The summed E-state index contributed by atoms with van der Waals surface area (Å²) in [5, 5.41) is 10.6. The number of rotatable bonds is 4. The minimum absolute atomic E-state index is 0.0918. The molecule has 1 saturated heterocycles. The van der Waals surface area contributed by atoms with Gasteiger partial charge in [0.2, 0.25) is 5.91 Å². The fourth-order valence-electron chi connectivity index (χ4n) is 4.07. The number of aliphatic hydroxyl groups excluding tert-OH is 1. The molecular formula is C20H27F3N2O2. The van der Waals surface area contributed by atoms with Crippen molar-refractivity contribution in [3.8, 4) is 0 Å². The minimum atomic E-state index is -4.12. The molecule has 2 heterocycles. The molecule has 0 spiro atoms. The van der Waals surface area contributed by atoms with Crippen molar-refractivity contribution in [2.45, 2.75) is 51.3 Å². The second-order valence-electron chi connectivity index (χ2n) is 7.52. The molecule has 0 bridgehead atoms. The predicted octanol–water partition coefficient (Wildman–Crippen LogP) is 3.68. The fourth-order valence-corrected chi connectivity index (χ4v) is 4.07. The van der Waals surface area contributed by atoms with Crippen LogP contribution in [0.2, 0.25) is 0 Å². The van der Waals surface area contributed by atoms with Gasteiger partial charge < -0.3 is 14.9 Å². The zero-order valence-electron chi connectivity index (χ0n) is 15.6. The summed E-state index contributed by atoms with van der Waals surface area (Å²) in [6, 6.07) is 5.65. The Morgan fingerprint density at radius 3 is 2.59 bits per heavy atom. The molecule has 0 radical (unpaired) electrons. The van der Waals surface area contributed by atoms with Gasteiger partial charge in [0, 0.05) is 25.2 Å². The molecule has 4 nitrogen and oxygen atoms in total. The van der Waals surface area contributed by atoms with E-state index < -0.39 is 18.2 Å². The third-order valence-electron chi connectivity index (χ3n) is 5.69. The van der Waals surface area contributed by atoms with Crippen LogP contribution in [0.3, 0.4) is 0 Å². The highest BCUT2D eigenvalue weighted by atomic mass is 19.4. The smallest absolute Gasteiger partial charge is 0.387 e. The summed E-state index contributed by atoms with van der Waals surface area (Å²) in [5.74, 6) is -1.13. The van der Waals surface area contributed by atoms with Gasteiger partial charge in [0.1, 0.15) is 0 Å². The Kier molecular flexibility index (Phi) is 6.11. The van der Waals surface area contributed by atoms with Crippen molar-refractivity contribution in [2.75, 3.05) is 31.1 Å². The number of benzene rings is 1. The number of anilines is 1. The fraction of sp³-hybridized carbons (Fsp3) is 0.650. The summed E-state index contributed by atoms with van der Waals surface area (Å²) in [4.78, 5) is 15.8. The van der Waals surface area contributed by atoms with Crippen LogP contribution in [0.1, 0.15) is 49.8 Å². The highest BCUT2D eigenvalue weighted by Crippen LogP contribution is 2.35. The van der Waals surface area contributed by atoms with Crippen LogP contribution in [0, 0.1) is 5.92 Å². The van der Waals surface area contributed by atoms with E-state index >= 15 is 0 Å². The summed E-state index contributed by atoms with van der Waals surface area (Å²) >= 11 is 0. The molecule has 1 aromatic carbocycles. The van der Waals surface area contributed by atoms with E-state index in [1.165, 1.54) is 0 Å². The first-order valence-corrected chi connectivity index (χ1v) is 9.70. The van der Waals surface area contributed by atoms with Crippen LogP contribution < -0.4 is 4.90 Å². The summed E-state index contributed by atoms with van der Waals surface area (Å²) in [7, 11) is 0. The van der Waals surface area contributed by atoms with Gasteiger partial charge in [-0.15, -0.1) is 0 Å². The summed E-state index contributed by atoms with van der Waals surface area (Å²) < 4.78 is 38.3. The van der Waals surface area contributed by atoms with Crippen LogP contribution in [0.25, 0.3) is 0 Å². The highest BCUT2D eigenvalue weighted by Gasteiger charge is 2.41. The van der Waals surface area contributed by atoms with Crippen LogP contribution in [0.4, 0.5) is 18.9 Å². The molecule has 1 unspecified atom stereocenters. The van der Waals surface area contributed by atoms with Crippen LogP contribution in [0.5, 0.6) is 0 Å². The predicted molar refractivity (Wildman–Crippen MR) is 97.6 cm³/mol. The zero-order chi connectivity index (χ0) is 19.6. The molecule has 1 N–H and O–H groups in total. The lowest BCUT2D eigenvalue weighted by Gasteiger charge is -2.34. The van der Waals surface area contributed by atoms with Crippen molar-refractivity contribution < 1.29 is 23.1 Å². The quantitative estimate of drug-likeness (QED) is 0.861. The van der Waals surface area contributed by atoms with E-state index in [0.717, 1.165) is 36.2 Å². The van der Waals surface area contributed by atoms with Gasteiger partial charge in [0.25, 0.3) is 0 Å². The van der Waals surface area contributed by atoms with Gasteiger partial charge in [-0.05, 0) is 56.0 Å². The number of hydrogen-bond acceptors (Lipinski definition) is 3. The van der Waals surface area contributed by atoms with Gasteiger partial charge in [-0.1, -0.05) is 19.1 Å². The van der Waals surface area contributed by atoms with Gasteiger partial charge in [-0.3, -0.25) is 4.79 Å². The van der Waals surface area contributed by atoms with Crippen molar-refractivity contribution in [2.24, 2.45) is 5.92 Å². The number of carbonyl (C=O) groups excluding carboxylic acids is 1. The van der Waals surface area contributed by atoms with Crippen molar-refractivity contribution in [3.63, 3.8) is 0 Å². The van der Waals surface area contributed by atoms with Crippen molar-refractivity contribution in [3.05, 3.63) is 29.3 Å². The lowest BCUT2D eigenvalue weighted by Crippen LogP contribution is -2.40. The first-order chi connectivity index (χ1) is 12.8. The van der Waals surface area contributed by atoms with Gasteiger partial charge >= 0.3 is 6.18 Å². The van der Waals surface area contributed by atoms with Gasteiger partial charge in [0.15, 0.2) is 0 Å². The Morgan fingerprint density at radius 1 is 1.26 bits per heavy atom. The molecule has 1 aromatic rings. The molecule has 0 aliphatic carbocycles. The molecule has 0 saturated carbocycles. The number of fused-ring (bicyclic) bond motifs is 1. The van der Waals surface area contributed by atoms with Crippen LogP contribution >= 0.6 is 0 Å². The minimum Gasteiger partial charge on any atom is -0.387 e. The lowest BCUT2D eigenvalue weighted by molar-refractivity contribution is -0.185. The van der Waals surface area contributed by atoms with E-state index in [9.17, 15) is 23.1 Å². The topological polar surface area (TPSA) is 43.8 Å². The standard InChI is InChI=1S/C20H27F3N2O2/c1-2-19(27)25-9-3-4-14-12-15(5-6-17(14)25)18(26)13-24-10-7-16(8-11-24)20(21,22)23/h5-6,12,16,18,26H,2-4,7-11,13H2,1H3. The van der Waals surface area contributed by atoms with Gasteiger partial charge in [0.05, 0.1) is 12.0 Å². The van der Waals surface area contributed by atoms with Gasteiger partial charge in [-0.25, -0.2) is 0 Å². The van der Waals surface area contributed by atoms with E-state index in [1.54, 1.807) is 4.90 Å². The molecule has 0 aromatic heterocycles. The normalized spacial score (nSPS) is 20.4. The third kappa shape index (κ3) is 4.63. The van der Waals surface area contributed by atoms with Gasteiger partial charge in [-0.2, -0.15) is 13.2 Å². The first-order valence-electron chi connectivity index (χ1n) is 9.70. The molecule has 7 heteroatoms. The number of hydrogen-bond donors (Lipinski definition) is 1. The second kappa shape index (κ2) is 8.19. The number of aliphatic hydroxyl groups is 1. The first kappa shape index (κ1) is 20.1. The average Bonchev–Trinajstić information content (AvgIpc) is 2.66. The third-order valence-corrected chi connectivity index (χ3v) is 5.69. The van der Waals surface area contributed by atoms with E-state index in [0.29, 0.717) is 26.1 Å². The number of carbonyl (C=O) groups is 1. The Labute approximate surface area is 158 Å². The number of nitrogens with zero attached hydrogens (tertiary/aromatic N) is 2. The monoisotopic (exact) mass is 384 g/mol. The maximum Gasteiger partial charge on any atom is 0.391 e. The SMILES string of the molecule is CCC(=O)N1CCCc2cc(C(O)CN3CCC(C(F)(F)F)CC3)ccc21. The summed E-state index contributed by atoms with van der Waals surface area (Å²) in [5.41, 5.74) is 2.72. The van der Waals surface area contributed by atoms with Crippen molar-refractivity contribution >= 4 is 11.6 Å². The number of β-amino-alcohol motifs (C(OH)–C–C–N with tert-alkyl or cyclic N) is 1. The Morgan fingerprint density at radius 2 is 1.96 bits per heavy atom. The average molecular weight is 384 g/mol. The lowest BCUT2D eigenvalue weighted by atomic mass is 9.94. The van der Waals surface area contributed by atoms with Crippen LogP contribution in [0.15, 0.2) is 18.2 Å². The molecule has 150 valence electrons. The number of piperidine rings is 1. The molecule has 1 fully saturated rings. The van der Waals surface area contributed by atoms with Crippen LogP contribution in [-0.4, -0.2) is 48.3 Å². The maximum atomic E-state index is 12.8. The molecule has 1 amide bonds. The Hall–Kier alpha value is -1.60. The van der Waals surface area contributed by atoms with Crippen molar-refractivity contribution in [1.29, 1.82) is 0 Å². The molecule has 2 aliphatic rings. The summed E-state index contributed by atoms with van der Waals surface area (Å²) in [6.45, 7) is 3.60. The molecule has 3 rings (SSSR count). The van der Waals surface area contributed by atoms with Crippen LogP contribution in [-0.2, 0) is 11.2 Å². The molecule has 1 atom stereocenters. The number of likely N-dealkylation sites (tertiary alicyclic amines) is 1. The van der Waals surface area contributed by atoms with E-state index in [2.05, 4.69) is 0 Å². The van der Waals surface area contributed by atoms with Crippen molar-refractivity contribution in [1.82, 2.24) is 4.90 Å². The van der Waals surface area contributed by atoms with E-state index in [1.807, 2.05) is 30.0 Å². The zero-order valence-corrected chi connectivity index (χ0v) is 15.6. The number of amides is 1. The Bertz CT molecular complexity index is 670.